The van der Waals surface area contributed by atoms with Gasteiger partial charge in [-0.25, -0.2) is 8.42 Å². The van der Waals surface area contributed by atoms with Gasteiger partial charge in [0, 0.05) is 29.7 Å². The highest BCUT2D eigenvalue weighted by atomic mass is 32.2. The van der Waals surface area contributed by atoms with Crippen LogP contribution in [-0.2, 0) is 14.8 Å². The monoisotopic (exact) mass is 392 g/mol. The largest absolute Gasteiger partial charge is 0.497 e. The van der Waals surface area contributed by atoms with Crippen molar-refractivity contribution in [1.82, 2.24) is 0 Å². The molecule has 0 radical (unpaired) electrons. The van der Waals surface area contributed by atoms with Crippen LogP contribution in [0.1, 0.15) is 13.8 Å². The van der Waals surface area contributed by atoms with E-state index in [-0.39, 0.29) is 16.1 Å². The fraction of sp³-hybridized carbons (Fsp3) is 0.278. The minimum Gasteiger partial charge on any atom is -0.497 e. The van der Waals surface area contributed by atoms with Gasteiger partial charge in [0.05, 0.1) is 23.4 Å². The first-order valence-corrected chi connectivity index (χ1v) is 10.4. The molecule has 1 aliphatic rings. The molecule has 8 heteroatoms. The van der Waals surface area contributed by atoms with Crippen LogP contribution >= 0.6 is 11.8 Å². The fourth-order valence-electron chi connectivity index (χ4n) is 2.78. The van der Waals surface area contributed by atoms with Crippen molar-refractivity contribution < 1.29 is 17.9 Å². The van der Waals surface area contributed by atoms with E-state index in [2.05, 4.69) is 4.72 Å². The van der Waals surface area contributed by atoms with Gasteiger partial charge in [0.2, 0.25) is 5.91 Å². The predicted octanol–water partition coefficient (Wildman–Crippen LogP) is 3.34. The predicted molar refractivity (Wildman–Crippen MR) is 104 cm³/mol. The van der Waals surface area contributed by atoms with Crippen LogP contribution in [0, 0.1) is 0 Å². The average molecular weight is 393 g/mol. The van der Waals surface area contributed by atoms with Gasteiger partial charge < -0.3 is 9.64 Å². The minimum absolute atomic E-state index is 0.103. The van der Waals surface area contributed by atoms with Gasteiger partial charge in [-0.3, -0.25) is 9.52 Å². The summed E-state index contributed by atoms with van der Waals surface area (Å²) < 4.78 is 33.2. The van der Waals surface area contributed by atoms with E-state index in [1.807, 2.05) is 6.92 Å². The average Bonchev–Trinajstić information content (AvgIpc) is 2.60. The molecule has 0 aliphatic carbocycles. The second kappa shape index (κ2) is 7.20. The van der Waals surface area contributed by atoms with Crippen LogP contribution in [0.5, 0.6) is 5.75 Å². The lowest BCUT2D eigenvalue weighted by atomic mass is 10.2. The van der Waals surface area contributed by atoms with Crippen molar-refractivity contribution in [3.8, 4) is 5.75 Å². The first-order valence-electron chi connectivity index (χ1n) is 8.06. The number of carbonyl (C=O) groups is 1. The Morgan fingerprint density at radius 1 is 1.27 bits per heavy atom. The van der Waals surface area contributed by atoms with Crippen molar-refractivity contribution in [3.05, 3.63) is 42.5 Å². The highest BCUT2D eigenvalue weighted by molar-refractivity contribution is 8.00. The quantitative estimate of drug-likeness (QED) is 0.864. The zero-order valence-corrected chi connectivity index (χ0v) is 16.4. The van der Waals surface area contributed by atoms with Crippen molar-refractivity contribution in [2.24, 2.45) is 0 Å². The Morgan fingerprint density at radius 3 is 2.73 bits per heavy atom. The molecule has 1 unspecified atom stereocenters. The van der Waals surface area contributed by atoms with Crippen LogP contribution in [0.15, 0.2) is 52.3 Å². The first kappa shape index (κ1) is 18.6. The lowest BCUT2D eigenvalue weighted by molar-refractivity contribution is -0.116. The molecule has 1 aliphatic heterocycles. The molecule has 1 atom stereocenters. The van der Waals surface area contributed by atoms with E-state index in [1.165, 1.54) is 14.0 Å². The summed E-state index contributed by atoms with van der Waals surface area (Å²) in [4.78, 5) is 14.6. The Kier molecular flexibility index (Phi) is 5.15. The number of nitrogens with one attached hydrogen (secondary N) is 1. The van der Waals surface area contributed by atoms with E-state index in [4.69, 9.17) is 4.74 Å². The number of thioether (sulfide) groups is 1. The van der Waals surface area contributed by atoms with Crippen molar-refractivity contribution >= 4 is 39.1 Å². The van der Waals surface area contributed by atoms with Gasteiger partial charge in [0.15, 0.2) is 0 Å². The Hall–Kier alpha value is -2.19. The maximum atomic E-state index is 12.8. The minimum atomic E-state index is -3.79. The fourth-order valence-corrected chi connectivity index (χ4v) is 4.95. The van der Waals surface area contributed by atoms with Gasteiger partial charge in [-0.2, -0.15) is 0 Å². The Morgan fingerprint density at radius 2 is 2.04 bits per heavy atom. The molecule has 0 bridgehead atoms. The van der Waals surface area contributed by atoms with Crippen LogP contribution in [0.25, 0.3) is 0 Å². The molecule has 26 heavy (non-hydrogen) atoms. The van der Waals surface area contributed by atoms with E-state index < -0.39 is 10.0 Å². The number of anilines is 2. The molecule has 1 heterocycles. The number of benzene rings is 2. The molecule has 0 fully saturated rings. The number of carbonyl (C=O) groups excluding carboxylic acids is 1. The molecular weight excluding hydrogens is 372 g/mol. The molecule has 0 saturated carbocycles. The van der Waals surface area contributed by atoms with Gasteiger partial charge in [-0.15, -0.1) is 11.8 Å². The van der Waals surface area contributed by atoms with Crippen LogP contribution in [0.4, 0.5) is 11.4 Å². The maximum absolute atomic E-state index is 12.8. The molecule has 138 valence electrons. The third-order valence-electron chi connectivity index (χ3n) is 4.00. The SMILES string of the molecule is COc1cccc(NS(=O)(=O)c2ccc3c(c2)N(C(C)=O)CC(C)S3)c1. The lowest BCUT2D eigenvalue weighted by Gasteiger charge is -2.32. The van der Waals surface area contributed by atoms with Crippen molar-refractivity contribution in [2.45, 2.75) is 28.9 Å². The summed E-state index contributed by atoms with van der Waals surface area (Å²) in [6.07, 6.45) is 0. The molecule has 2 aromatic carbocycles. The van der Waals surface area contributed by atoms with Gasteiger partial charge in [0.1, 0.15) is 5.75 Å². The van der Waals surface area contributed by atoms with Gasteiger partial charge in [0.25, 0.3) is 10.0 Å². The lowest BCUT2D eigenvalue weighted by Crippen LogP contribution is -2.37. The molecule has 1 amide bonds. The standard InChI is InChI=1S/C18H20N2O4S2/c1-12-11-20(13(2)21)17-10-16(7-8-18(17)25-12)26(22,23)19-14-5-4-6-15(9-14)24-3/h4-10,12,19H,11H2,1-3H3. The summed E-state index contributed by atoms with van der Waals surface area (Å²) in [5, 5.41) is 0.253. The number of nitrogens with zero attached hydrogens (tertiary/aromatic N) is 1. The molecule has 0 saturated heterocycles. The van der Waals surface area contributed by atoms with Crippen molar-refractivity contribution in [2.75, 3.05) is 23.3 Å². The van der Waals surface area contributed by atoms with Gasteiger partial charge >= 0.3 is 0 Å². The Bertz CT molecular complexity index is 944. The molecule has 2 aromatic rings. The zero-order valence-electron chi connectivity index (χ0n) is 14.7. The summed E-state index contributed by atoms with van der Waals surface area (Å²) in [6.45, 7) is 4.08. The van der Waals surface area contributed by atoms with Crippen LogP contribution in [0.2, 0.25) is 0 Å². The summed E-state index contributed by atoms with van der Waals surface area (Å²) in [5.41, 5.74) is 1.04. The summed E-state index contributed by atoms with van der Waals surface area (Å²) in [7, 11) is -2.27. The molecular formula is C18H20N2O4S2. The van der Waals surface area contributed by atoms with E-state index in [0.29, 0.717) is 23.7 Å². The number of methoxy groups -OCH3 is 1. The molecule has 0 spiro atoms. The maximum Gasteiger partial charge on any atom is 0.261 e. The second-order valence-corrected chi connectivity index (χ2v) is 9.19. The number of hydrogen-bond donors (Lipinski definition) is 1. The first-order chi connectivity index (χ1) is 12.3. The number of rotatable bonds is 4. The van der Waals surface area contributed by atoms with Gasteiger partial charge in [-0.1, -0.05) is 13.0 Å². The smallest absolute Gasteiger partial charge is 0.261 e. The number of sulfonamides is 1. The van der Waals surface area contributed by atoms with Crippen molar-refractivity contribution in [1.29, 1.82) is 0 Å². The Labute approximate surface area is 157 Å². The van der Waals surface area contributed by atoms with E-state index >= 15 is 0 Å². The molecule has 0 aromatic heterocycles. The van der Waals surface area contributed by atoms with Crippen molar-refractivity contribution in [3.63, 3.8) is 0 Å². The van der Waals surface area contributed by atoms with Crippen LogP contribution < -0.4 is 14.4 Å². The highest BCUT2D eigenvalue weighted by Gasteiger charge is 2.27. The van der Waals surface area contributed by atoms with E-state index in [9.17, 15) is 13.2 Å². The number of amides is 1. The van der Waals surface area contributed by atoms with Crippen LogP contribution in [0.3, 0.4) is 0 Å². The normalized spacial score (nSPS) is 16.7. The third-order valence-corrected chi connectivity index (χ3v) is 6.53. The summed E-state index contributed by atoms with van der Waals surface area (Å²) >= 11 is 1.64. The number of hydrogen-bond acceptors (Lipinski definition) is 5. The molecule has 3 rings (SSSR count). The Balaban J connectivity index is 1.96. The molecule has 6 nitrogen and oxygen atoms in total. The zero-order chi connectivity index (χ0) is 18.9. The van der Waals surface area contributed by atoms with E-state index in [1.54, 1.807) is 59.1 Å². The number of ether oxygens (including phenoxy) is 1. The number of fused-ring (bicyclic) bond motifs is 1. The van der Waals surface area contributed by atoms with Crippen LogP contribution in [-0.4, -0.2) is 33.2 Å². The summed E-state index contributed by atoms with van der Waals surface area (Å²) in [5.74, 6) is 0.456. The second-order valence-electron chi connectivity index (χ2n) is 6.03. The topological polar surface area (TPSA) is 75.7 Å². The van der Waals surface area contributed by atoms with Gasteiger partial charge in [-0.05, 0) is 30.3 Å². The highest BCUT2D eigenvalue weighted by Crippen LogP contribution is 2.39. The molecule has 1 N–H and O–H groups in total. The van der Waals surface area contributed by atoms with E-state index in [0.717, 1.165) is 4.90 Å². The third kappa shape index (κ3) is 3.81. The summed E-state index contributed by atoms with van der Waals surface area (Å²) in [6, 6.07) is 11.6.